The van der Waals surface area contributed by atoms with Gasteiger partial charge in [0.15, 0.2) is 0 Å². The first kappa shape index (κ1) is 11.1. The molecule has 0 spiro atoms. The Balaban J connectivity index is 2.60. The third-order valence-corrected chi connectivity index (χ3v) is 2.28. The molecule has 0 aliphatic heterocycles. The van der Waals surface area contributed by atoms with Crippen molar-refractivity contribution in [1.82, 2.24) is 0 Å². The van der Waals surface area contributed by atoms with Crippen LogP contribution in [0.15, 0.2) is 24.3 Å². The van der Waals surface area contributed by atoms with Gasteiger partial charge in [-0.15, -0.1) is 0 Å². The normalized spacial score (nSPS) is 9.93. The Hall–Kier alpha value is -1.02. The topological polar surface area (TPSA) is 20.3 Å². The number of benzene rings is 1. The van der Waals surface area contributed by atoms with Crippen molar-refractivity contribution < 1.29 is 4.79 Å². The minimum Gasteiger partial charge on any atom is -0.374 e. The lowest BCUT2D eigenvalue weighted by molar-refractivity contribution is -0.116. The summed E-state index contributed by atoms with van der Waals surface area (Å²) in [4.78, 5) is 12.8. The number of hydrogen-bond donors (Lipinski definition) is 0. The molecule has 14 heavy (non-hydrogen) atoms. The summed E-state index contributed by atoms with van der Waals surface area (Å²) < 4.78 is 0. The zero-order chi connectivity index (χ0) is 10.6. The van der Waals surface area contributed by atoms with Crippen LogP contribution in [0.1, 0.15) is 13.3 Å². The third kappa shape index (κ3) is 3.38. The molecular weight excluding hydrogens is 198 g/mol. The fourth-order valence-electron chi connectivity index (χ4n) is 1.17. The summed E-state index contributed by atoms with van der Waals surface area (Å²) in [5.41, 5.74) is 1.04. The average molecular weight is 212 g/mol. The van der Waals surface area contributed by atoms with Crippen LogP contribution in [0.5, 0.6) is 0 Å². The highest BCUT2D eigenvalue weighted by Crippen LogP contribution is 2.18. The molecule has 0 aliphatic rings. The first-order chi connectivity index (χ1) is 6.59. The van der Waals surface area contributed by atoms with Crippen molar-refractivity contribution in [3.63, 3.8) is 0 Å². The second-order valence-electron chi connectivity index (χ2n) is 3.35. The Bertz CT molecular complexity index is 325. The molecule has 3 heteroatoms. The lowest BCUT2D eigenvalue weighted by Gasteiger charge is -2.18. The maximum atomic E-state index is 10.8. The van der Waals surface area contributed by atoms with Gasteiger partial charge in [-0.3, -0.25) is 4.79 Å². The van der Waals surface area contributed by atoms with Crippen LogP contribution < -0.4 is 4.90 Å². The number of ketones is 1. The zero-order valence-electron chi connectivity index (χ0n) is 8.46. The van der Waals surface area contributed by atoms with Gasteiger partial charge >= 0.3 is 0 Å². The molecule has 1 aromatic carbocycles. The molecule has 0 saturated carbocycles. The number of carbonyl (C=O) groups excluding carboxylic acids is 1. The predicted molar refractivity (Wildman–Crippen MR) is 60.0 cm³/mol. The van der Waals surface area contributed by atoms with Crippen LogP contribution in [0.3, 0.4) is 0 Å². The second-order valence-corrected chi connectivity index (χ2v) is 3.79. The highest BCUT2D eigenvalue weighted by Gasteiger charge is 2.02. The molecule has 76 valence electrons. The number of rotatable bonds is 4. The molecule has 0 heterocycles. The number of halogens is 1. The third-order valence-electron chi connectivity index (χ3n) is 2.05. The van der Waals surface area contributed by atoms with E-state index < -0.39 is 0 Å². The zero-order valence-corrected chi connectivity index (χ0v) is 9.21. The van der Waals surface area contributed by atoms with E-state index in [9.17, 15) is 4.79 Å². The van der Waals surface area contributed by atoms with Crippen molar-refractivity contribution in [2.75, 3.05) is 18.5 Å². The lowest BCUT2D eigenvalue weighted by Crippen LogP contribution is -2.20. The summed E-state index contributed by atoms with van der Waals surface area (Å²) in [5.74, 6) is 0.207. The molecule has 0 aliphatic carbocycles. The number of hydrogen-bond acceptors (Lipinski definition) is 2. The number of Topliss-reactive ketones (excluding diaryl/α,β-unsaturated/α-hetero) is 1. The molecule has 0 saturated heterocycles. The van der Waals surface area contributed by atoms with E-state index in [1.807, 2.05) is 36.2 Å². The Labute approximate surface area is 89.5 Å². The largest absolute Gasteiger partial charge is 0.374 e. The van der Waals surface area contributed by atoms with E-state index in [-0.39, 0.29) is 5.78 Å². The molecule has 0 radical (unpaired) electrons. The van der Waals surface area contributed by atoms with Gasteiger partial charge in [-0.1, -0.05) is 17.7 Å². The second kappa shape index (κ2) is 5.01. The molecule has 0 atom stereocenters. The van der Waals surface area contributed by atoms with Crippen molar-refractivity contribution in [2.24, 2.45) is 0 Å². The monoisotopic (exact) mass is 211 g/mol. The minimum absolute atomic E-state index is 0.207. The van der Waals surface area contributed by atoms with E-state index in [4.69, 9.17) is 11.6 Å². The smallest absolute Gasteiger partial charge is 0.131 e. The van der Waals surface area contributed by atoms with Crippen molar-refractivity contribution >= 4 is 23.1 Å². The molecule has 1 aromatic rings. The van der Waals surface area contributed by atoms with Gasteiger partial charge in [-0.05, 0) is 25.1 Å². The van der Waals surface area contributed by atoms with Crippen LogP contribution in [-0.4, -0.2) is 19.4 Å². The molecule has 0 unspecified atom stereocenters. The van der Waals surface area contributed by atoms with E-state index in [2.05, 4.69) is 0 Å². The van der Waals surface area contributed by atoms with E-state index in [1.165, 1.54) is 0 Å². The Morgan fingerprint density at radius 3 is 2.79 bits per heavy atom. The molecule has 0 amide bonds. The predicted octanol–water partition coefficient (Wildman–Crippen LogP) is 2.76. The van der Waals surface area contributed by atoms with Crippen LogP contribution >= 0.6 is 11.6 Å². The number of carbonyl (C=O) groups is 1. The molecular formula is C11H14ClNO. The molecule has 0 fully saturated rings. The summed E-state index contributed by atoms with van der Waals surface area (Å²) in [6.07, 6.45) is 0.572. The fourth-order valence-corrected chi connectivity index (χ4v) is 1.35. The van der Waals surface area contributed by atoms with Crippen LogP contribution in [0.2, 0.25) is 5.02 Å². The first-order valence-corrected chi connectivity index (χ1v) is 4.93. The number of anilines is 1. The van der Waals surface area contributed by atoms with Gasteiger partial charge < -0.3 is 4.90 Å². The molecule has 0 N–H and O–H groups in total. The van der Waals surface area contributed by atoms with Crippen LogP contribution in [0.4, 0.5) is 5.69 Å². The molecule has 2 nitrogen and oxygen atoms in total. The average Bonchev–Trinajstić information content (AvgIpc) is 2.14. The van der Waals surface area contributed by atoms with Gasteiger partial charge in [0.25, 0.3) is 0 Å². The quantitative estimate of drug-likeness (QED) is 0.764. The van der Waals surface area contributed by atoms with Gasteiger partial charge in [0.1, 0.15) is 5.78 Å². The first-order valence-electron chi connectivity index (χ1n) is 4.56. The van der Waals surface area contributed by atoms with Crippen LogP contribution in [0.25, 0.3) is 0 Å². The van der Waals surface area contributed by atoms with Gasteiger partial charge in [0.2, 0.25) is 0 Å². The summed E-state index contributed by atoms with van der Waals surface area (Å²) in [6, 6.07) is 7.61. The highest BCUT2D eigenvalue weighted by molar-refractivity contribution is 6.30. The van der Waals surface area contributed by atoms with E-state index in [0.717, 1.165) is 17.3 Å². The van der Waals surface area contributed by atoms with Gasteiger partial charge in [-0.25, -0.2) is 0 Å². The maximum absolute atomic E-state index is 10.8. The van der Waals surface area contributed by atoms with Gasteiger partial charge in [0, 0.05) is 30.7 Å². The Morgan fingerprint density at radius 2 is 2.21 bits per heavy atom. The van der Waals surface area contributed by atoms with Crippen molar-refractivity contribution in [1.29, 1.82) is 0 Å². The van der Waals surface area contributed by atoms with Crippen molar-refractivity contribution in [3.05, 3.63) is 29.3 Å². The minimum atomic E-state index is 0.207. The molecule has 1 rings (SSSR count). The van der Waals surface area contributed by atoms with Gasteiger partial charge in [-0.2, -0.15) is 0 Å². The maximum Gasteiger partial charge on any atom is 0.131 e. The van der Waals surface area contributed by atoms with Crippen LogP contribution in [0, 0.1) is 0 Å². The number of nitrogens with zero attached hydrogens (tertiary/aromatic N) is 1. The van der Waals surface area contributed by atoms with E-state index >= 15 is 0 Å². The Kier molecular flexibility index (Phi) is 3.96. The summed E-state index contributed by atoms with van der Waals surface area (Å²) in [5, 5.41) is 0.720. The van der Waals surface area contributed by atoms with Crippen molar-refractivity contribution in [3.8, 4) is 0 Å². The molecule has 0 bridgehead atoms. The van der Waals surface area contributed by atoms with E-state index in [1.54, 1.807) is 6.92 Å². The van der Waals surface area contributed by atoms with Gasteiger partial charge in [0.05, 0.1) is 0 Å². The van der Waals surface area contributed by atoms with Crippen molar-refractivity contribution in [2.45, 2.75) is 13.3 Å². The Morgan fingerprint density at radius 1 is 1.50 bits per heavy atom. The van der Waals surface area contributed by atoms with E-state index in [0.29, 0.717) is 6.42 Å². The summed E-state index contributed by atoms with van der Waals surface area (Å²) in [7, 11) is 1.95. The standard InChI is InChI=1S/C11H14ClNO/c1-9(14)6-7-13(2)11-5-3-4-10(12)8-11/h3-5,8H,6-7H2,1-2H3. The summed E-state index contributed by atoms with van der Waals surface area (Å²) >= 11 is 5.86. The SMILES string of the molecule is CC(=O)CCN(C)c1cccc(Cl)c1. The fraction of sp³-hybridized carbons (Fsp3) is 0.364. The lowest BCUT2D eigenvalue weighted by atomic mass is 10.2. The highest BCUT2D eigenvalue weighted by atomic mass is 35.5. The summed E-state index contributed by atoms with van der Waals surface area (Å²) in [6.45, 7) is 2.33. The molecule has 0 aromatic heterocycles. The van der Waals surface area contributed by atoms with Crippen LogP contribution in [-0.2, 0) is 4.79 Å².